The van der Waals surface area contributed by atoms with Crippen LogP contribution in [0.2, 0.25) is 0 Å². The van der Waals surface area contributed by atoms with E-state index in [9.17, 15) is 4.79 Å². The minimum atomic E-state index is -0.486. The Bertz CT molecular complexity index is 1010. The van der Waals surface area contributed by atoms with Crippen molar-refractivity contribution >= 4 is 12.1 Å². The van der Waals surface area contributed by atoms with Crippen LogP contribution in [0.3, 0.4) is 0 Å². The average Bonchev–Trinajstić information content (AvgIpc) is 2.78. The summed E-state index contributed by atoms with van der Waals surface area (Å²) in [5, 5.41) is 3.98. The van der Waals surface area contributed by atoms with Crippen LogP contribution in [0.15, 0.2) is 60.0 Å². The molecule has 0 aliphatic carbocycles. The summed E-state index contributed by atoms with van der Waals surface area (Å²) in [6.07, 6.45) is 4.43. The van der Waals surface area contributed by atoms with Crippen LogP contribution in [0.1, 0.15) is 16.1 Å². The molecule has 0 aliphatic heterocycles. The monoisotopic (exact) mass is 392 g/mol. The molecule has 0 aliphatic rings. The van der Waals surface area contributed by atoms with Gasteiger partial charge in [-0.25, -0.2) is 10.4 Å². The van der Waals surface area contributed by atoms with E-state index < -0.39 is 5.91 Å². The predicted molar refractivity (Wildman–Crippen MR) is 109 cm³/mol. The second kappa shape index (κ2) is 9.32. The fourth-order valence-corrected chi connectivity index (χ4v) is 2.59. The summed E-state index contributed by atoms with van der Waals surface area (Å²) in [4.78, 5) is 20.9. The van der Waals surface area contributed by atoms with Crippen LogP contribution in [0.25, 0.3) is 11.3 Å². The van der Waals surface area contributed by atoms with Crippen LogP contribution in [-0.2, 0) is 0 Å². The number of hydrogen-bond donors (Lipinski definition) is 1. The van der Waals surface area contributed by atoms with Crippen molar-refractivity contribution in [2.75, 3.05) is 21.3 Å². The van der Waals surface area contributed by atoms with Gasteiger partial charge in [0.1, 0.15) is 22.9 Å². The lowest BCUT2D eigenvalue weighted by Gasteiger charge is -2.08. The standard InChI is InChI=1S/C21H20N4O4/c1-27-15-8-14(9-16(10-15)28-2)11-23-25-21(26)19-13-22-12-18(24-19)17-6-4-5-7-20(17)29-3/h4-13H,1-3H3,(H,25,26). The molecule has 0 spiro atoms. The fourth-order valence-electron chi connectivity index (χ4n) is 2.59. The smallest absolute Gasteiger partial charge is 0.291 e. The first kappa shape index (κ1) is 19.8. The second-order valence-electron chi connectivity index (χ2n) is 5.83. The highest BCUT2D eigenvalue weighted by Gasteiger charge is 2.12. The van der Waals surface area contributed by atoms with E-state index in [4.69, 9.17) is 14.2 Å². The van der Waals surface area contributed by atoms with E-state index in [1.807, 2.05) is 24.3 Å². The normalized spacial score (nSPS) is 10.6. The van der Waals surface area contributed by atoms with Crippen LogP contribution in [0, 0.1) is 0 Å². The highest BCUT2D eigenvalue weighted by Crippen LogP contribution is 2.27. The van der Waals surface area contributed by atoms with Crippen LogP contribution >= 0.6 is 0 Å². The zero-order valence-corrected chi connectivity index (χ0v) is 16.2. The molecule has 0 bridgehead atoms. The Morgan fingerprint density at radius 3 is 2.41 bits per heavy atom. The van der Waals surface area contributed by atoms with Crippen LogP contribution in [0.4, 0.5) is 0 Å². The number of para-hydroxylation sites is 1. The molecule has 0 saturated carbocycles. The van der Waals surface area contributed by atoms with Crippen molar-refractivity contribution in [2.24, 2.45) is 5.10 Å². The molecule has 0 atom stereocenters. The molecular weight excluding hydrogens is 372 g/mol. The molecule has 148 valence electrons. The Labute approximate surface area is 168 Å². The summed E-state index contributed by atoms with van der Waals surface area (Å²) in [5.41, 5.74) is 4.55. The van der Waals surface area contributed by atoms with Crippen molar-refractivity contribution in [3.8, 4) is 28.5 Å². The van der Waals surface area contributed by atoms with Gasteiger partial charge in [-0.05, 0) is 24.3 Å². The van der Waals surface area contributed by atoms with Gasteiger partial charge in [0, 0.05) is 17.2 Å². The second-order valence-corrected chi connectivity index (χ2v) is 5.83. The summed E-state index contributed by atoms with van der Waals surface area (Å²) in [6, 6.07) is 12.7. The predicted octanol–water partition coefficient (Wildman–Crippen LogP) is 2.93. The number of hydrazone groups is 1. The number of hydrogen-bond acceptors (Lipinski definition) is 7. The maximum absolute atomic E-state index is 12.4. The minimum Gasteiger partial charge on any atom is -0.497 e. The van der Waals surface area contributed by atoms with E-state index in [1.165, 1.54) is 12.4 Å². The number of aromatic nitrogens is 2. The number of carbonyl (C=O) groups excluding carboxylic acids is 1. The molecule has 1 N–H and O–H groups in total. The van der Waals surface area contributed by atoms with Gasteiger partial charge in [0.05, 0.1) is 45.6 Å². The Kier molecular flexibility index (Phi) is 6.36. The van der Waals surface area contributed by atoms with E-state index in [1.54, 1.807) is 45.7 Å². The van der Waals surface area contributed by atoms with E-state index in [0.717, 1.165) is 5.56 Å². The molecule has 8 heteroatoms. The molecule has 0 fully saturated rings. The molecule has 29 heavy (non-hydrogen) atoms. The van der Waals surface area contributed by atoms with E-state index >= 15 is 0 Å². The van der Waals surface area contributed by atoms with Gasteiger partial charge in [0.2, 0.25) is 0 Å². The fraction of sp³-hybridized carbons (Fsp3) is 0.143. The Hall–Kier alpha value is -3.94. The number of ether oxygens (including phenoxy) is 3. The molecule has 1 aromatic heterocycles. The first-order valence-corrected chi connectivity index (χ1v) is 8.66. The minimum absolute atomic E-state index is 0.133. The van der Waals surface area contributed by atoms with E-state index in [2.05, 4.69) is 20.5 Å². The molecule has 1 amide bonds. The molecule has 0 unspecified atom stereocenters. The number of benzene rings is 2. The largest absolute Gasteiger partial charge is 0.497 e. The molecule has 0 radical (unpaired) electrons. The van der Waals surface area contributed by atoms with Gasteiger partial charge in [0.15, 0.2) is 0 Å². The lowest BCUT2D eigenvalue weighted by molar-refractivity contribution is 0.0950. The molecule has 3 rings (SSSR count). The van der Waals surface area contributed by atoms with Crippen molar-refractivity contribution in [1.29, 1.82) is 0 Å². The topological polar surface area (TPSA) is 94.9 Å². The number of nitrogens with one attached hydrogen (secondary N) is 1. The Balaban J connectivity index is 1.76. The van der Waals surface area contributed by atoms with Crippen LogP contribution in [-0.4, -0.2) is 43.4 Å². The molecule has 1 heterocycles. The van der Waals surface area contributed by atoms with Gasteiger partial charge in [0.25, 0.3) is 5.91 Å². The van der Waals surface area contributed by atoms with E-state index in [-0.39, 0.29) is 5.69 Å². The molecule has 2 aromatic carbocycles. The third-order valence-electron chi connectivity index (χ3n) is 4.00. The third kappa shape index (κ3) is 4.86. The van der Waals surface area contributed by atoms with Crippen LogP contribution < -0.4 is 19.6 Å². The number of amides is 1. The zero-order chi connectivity index (χ0) is 20.6. The van der Waals surface area contributed by atoms with Gasteiger partial charge in [-0.15, -0.1) is 0 Å². The SMILES string of the molecule is COc1cc(C=NNC(=O)c2cncc(-c3ccccc3OC)n2)cc(OC)c1. The summed E-state index contributed by atoms with van der Waals surface area (Å²) >= 11 is 0. The van der Waals surface area contributed by atoms with Gasteiger partial charge in [-0.2, -0.15) is 5.10 Å². The van der Waals surface area contributed by atoms with Crippen molar-refractivity contribution in [1.82, 2.24) is 15.4 Å². The summed E-state index contributed by atoms with van der Waals surface area (Å²) in [7, 11) is 4.70. The Morgan fingerprint density at radius 1 is 1.00 bits per heavy atom. The highest BCUT2D eigenvalue weighted by atomic mass is 16.5. The van der Waals surface area contributed by atoms with Crippen molar-refractivity contribution in [3.63, 3.8) is 0 Å². The lowest BCUT2D eigenvalue weighted by atomic mass is 10.1. The first-order valence-electron chi connectivity index (χ1n) is 8.66. The van der Waals surface area contributed by atoms with Gasteiger partial charge in [-0.3, -0.25) is 9.78 Å². The lowest BCUT2D eigenvalue weighted by Crippen LogP contribution is -2.19. The number of methoxy groups -OCH3 is 3. The highest BCUT2D eigenvalue weighted by molar-refractivity contribution is 5.93. The quantitative estimate of drug-likeness (QED) is 0.491. The zero-order valence-electron chi connectivity index (χ0n) is 16.2. The van der Waals surface area contributed by atoms with Crippen LogP contribution in [0.5, 0.6) is 17.2 Å². The first-order chi connectivity index (χ1) is 14.1. The number of carbonyl (C=O) groups is 1. The number of rotatable bonds is 7. The summed E-state index contributed by atoms with van der Waals surface area (Å²) < 4.78 is 15.8. The van der Waals surface area contributed by atoms with Crippen molar-refractivity contribution in [2.45, 2.75) is 0 Å². The summed E-state index contributed by atoms with van der Waals surface area (Å²) in [6.45, 7) is 0. The maximum Gasteiger partial charge on any atom is 0.291 e. The molecule has 3 aromatic rings. The van der Waals surface area contributed by atoms with Gasteiger partial charge >= 0.3 is 0 Å². The Morgan fingerprint density at radius 2 is 1.72 bits per heavy atom. The average molecular weight is 392 g/mol. The third-order valence-corrected chi connectivity index (χ3v) is 4.00. The molecular formula is C21H20N4O4. The van der Waals surface area contributed by atoms with Crippen molar-refractivity contribution in [3.05, 3.63) is 66.1 Å². The molecule has 8 nitrogen and oxygen atoms in total. The van der Waals surface area contributed by atoms with E-state index in [0.29, 0.717) is 28.5 Å². The van der Waals surface area contributed by atoms with Gasteiger partial charge < -0.3 is 14.2 Å². The number of nitrogens with zero attached hydrogens (tertiary/aromatic N) is 3. The van der Waals surface area contributed by atoms with Gasteiger partial charge in [-0.1, -0.05) is 12.1 Å². The van der Waals surface area contributed by atoms with Crippen molar-refractivity contribution < 1.29 is 19.0 Å². The molecule has 0 saturated heterocycles. The summed E-state index contributed by atoms with van der Waals surface area (Å²) in [5.74, 6) is 1.39. The maximum atomic E-state index is 12.4.